The normalized spacial score (nSPS) is 13.0. The van der Waals surface area contributed by atoms with Gasteiger partial charge in [-0.2, -0.15) is 0 Å². The highest BCUT2D eigenvalue weighted by molar-refractivity contribution is 5.42. The Hall–Kier alpha value is -4.72. The topological polar surface area (TPSA) is 279 Å². The molecule has 25 heavy (non-hydrogen) atoms. The number of hydrogen-bond acceptors (Lipinski definition) is 14. The molecule has 0 N–H and O–H groups in total. The minimum absolute atomic E-state index is 0.519. The summed E-state index contributed by atoms with van der Waals surface area (Å²) in [4.78, 5) is 18.3. The van der Waals surface area contributed by atoms with E-state index in [4.69, 9.17) is 0 Å². The summed E-state index contributed by atoms with van der Waals surface area (Å²) in [5, 5.41) is 71.2. The molecule has 2 aromatic rings. The van der Waals surface area contributed by atoms with Gasteiger partial charge in [-0.1, -0.05) is 0 Å². The summed E-state index contributed by atoms with van der Waals surface area (Å²) >= 11 is 0. The zero-order valence-electron chi connectivity index (χ0n) is 11.0. The summed E-state index contributed by atoms with van der Waals surface area (Å²) in [6.07, 6.45) is 0. The van der Waals surface area contributed by atoms with Crippen molar-refractivity contribution in [2.24, 2.45) is 15.6 Å². The van der Waals surface area contributed by atoms with Crippen molar-refractivity contribution >= 4 is 23.3 Å². The molecule has 0 saturated carbocycles. The van der Waals surface area contributed by atoms with Gasteiger partial charge in [0.05, 0.1) is 0 Å². The monoisotopic (exact) mass is 360 g/mol. The molecule has 0 aliphatic rings. The number of hydrogen-bond donors (Lipinski definition) is 0. The van der Waals surface area contributed by atoms with Crippen LogP contribution >= 0.6 is 0 Å². The van der Waals surface area contributed by atoms with Gasteiger partial charge in [0.15, 0.2) is 0 Å². The Morgan fingerprint density at radius 2 is 1.12 bits per heavy atom. The van der Waals surface area contributed by atoms with Gasteiger partial charge in [0.2, 0.25) is 10.4 Å². The third-order valence-corrected chi connectivity index (χ3v) is 1.95. The van der Waals surface area contributed by atoms with Crippen LogP contribution in [-0.4, -0.2) is 45.3 Å². The number of rotatable bonds is 6. The number of nitro groups is 2. The van der Waals surface area contributed by atoms with Gasteiger partial charge < -0.3 is 25.7 Å². The molecule has 2 aromatic heterocycles. The Kier molecular flexibility index (Phi) is 4.38. The zero-order valence-corrected chi connectivity index (χ0v) is 11.0. The average Bonchev–Trinajstić information content (AvgIpc) is 3.14. The van der Waals surface area contributed by atoms with Crippen LogP contribution in [0.5, 0.6) is 0 Å². The van der Waals surface area contributed by atoms with Crippen molar-refractivity contribution in [3.05, 3.63) is 35.9 Å². The molecule has 0 aliphatic carbocycles. The molecule has 0 aliphatic heterocycles. The third kappa shape index (κ3) is 3.73. The highest BCUT2D eigenvalue weighted by Gasteiger charge is 2.38. The van der Waals surface area contributed by atoms with Gasteiger partial charge in [-0.05, 0) is 15.1 Å². The summed E-state index contributed by atoms with van der Waals surface area (Å²) in [5.41, 5.74) is 0. The van der Waals surface area contributed by atoms with Gasteiger partial charge in [0.25, 0.3) is 10.2 Å². The molecule has 0 aromatic carbocycles. The summed E-state index contributed by atoms with van der Waals surface area (Å²) in [6, 6.07) is 0. The van der Waals surface area contributed by atoms with Crippen LogP contribution in [0.4, 0.5) is 23.3 Å². The third-order valence-electron chi connectivity index (χ3n) is 1.95. The molecule has 0 amide bonds. The molecule has 0 unspecified atom stereocenters. The van der Waals surface area contributed by atoms with Crippen LogP contribution in [0.2, 0.25) is 0 Å². The van der Waals surface area contributed by atoms with Crippen molar-refractivity contribution in [2.45, 2.75) is 0 Å². The van der Waals surface area contributed by atoms with Crippen LogP contribution in [0.15, 0.2) is 24.8 Å². The second-order valence-electron chi connectivity index (χ2n) is 3.40. The van der Waals surface area contributed by atoms with Crippen molar-refractivity contribution < 1.29 is 33.9 Å². The molecule has 0 spiro atoms. The van der Waals surface area contributed by atoms with Gasteiger partial charge in [-0.15, -0.1) is 4.86 Å². The van der Waals surface area contributed by atoms with E-state index < -0.39 is 47.9 Å². The van der Waals surface area contributed by atoms with E-state index in [0.29, 0.717) is 0 Å². The maximum atomic E-state index is 11.8. The fraction of sp³-hybridized carbons (Fsp3) is 0. The minimum Gasteiger partial charge on any atom is -0.690 e. The maximum absolute atomic E-state index is 11.8. The maximum Gasteiger partial charge on any atom is 0.572 e. The molecule has 2 heterocycles. The molecule has 130 valence electrons. The molecule has 0 bridgehead atoms. The predicted molar refractivity (Wildman–Crippen MR) is 59.4 cm³/mol. The lowest BCUT2D eigenvalue weighted by molar-refractivity contribution is -0.645. The Bertz CT molecular complexity index is 905. The van der Waals surface area contributed by atoms with E-state index in [1.807, 2.05) is 0 Å². The standard InChI is InChI=1S/C4N12O9/c17-12(3-4(9-25-8-3)14(19)11-16(22)23)5-1-2(7-24-6-1)13(18)10-15(20)21. The number of aromatic nitrogens is 4. The SMILES string of the molecule is O=[N+]([O-])N=[N+]([O-])c1nonc1N=[N+]([O-])c1nonc1[N+]([O-])=N[N+](=O)[O-]. The first kappa shape index (κ1) is 16.6. The molecule has 0 radical (unpaired) electrons. The number of nitrogens with zero attached hydrogens (tertiary/aromatic N) is 12. The van der Waals surface area contributed by atoms with Crippen LogP contribution in [0.1, 0.15) is 0 Å². The smallest absolute Gasteiger partial charge is 0.572 e. The van der Waals surface area contributed by atoms with Gasteiger partial charge in [0, 0.05) is 14.6 Å². The van der Waals surface area contributed by atoms with E-state index in [9.17, 15) is 35.9 Å². The summed E-state index contributed by atoms with van der Waals surface area (Å²) < 4.78 is 8.13. The quantitative estimate of drug-likeness (QED) is 0.283. The van der Waals surface area contributed by atoms with Crippen molar-refractivity contribution in [2.75, 3.05) is 0 Å². The molecule has 21 heteroatoms. The van der Waals surface area contributed by atoms with Crippen molar-refractivity contribution in [3.63, 3.8) is 0 Å². The summed E-state index contributed by atoms with van der Waals surface area (Å²) in [5.74, 6) is -4.00. The lowest BCUT2D eigenvalue weighted by Crippen LogP contribution is -2.02. The van der Waals surface area contributed by atoms with E-state index in [-0.39, 0.29) is 0 Å². The molecular formula is C4N12O9. The van der Waals surface area contributed by atoms with Crippen molar-refractivity contribution in [1.82, 2.24) is 20.6 Å². The average molecular weight is 360 g/mol. The molecular weight excluding hydrogens is 360 g/mol. The fourth-order valence-corrected chi connectivity index (χ4v) is 1.13. The zero-order chi connectivity index (χ0) is 18.6. The van der Waals surface area contributed by atoms with Crippen LogP contribution in [0.3, 0.4) is 0 Å². The van der Waals surface area contributed by atoms with Crippen LogP contribution < -0.4 is 0 Å². The van der Waals surface area contributed by atoms with Crippen molar-refractivity contribution in [1.29, 1.82) is 0 Å². The highest BCUT2D eigenvalue weighted by Crippen LogP contribution is 2.27. The highest BCUT2D eigenvalue weighted by atomic mass is 16.7. The lowest BCUT2D eigenvalue weighted by Gasteiger charge is -1.97. The Morgan fingerprint density at radius 1 is 0.680 bits per heavy atom. The van der Waals surface area contributed by atoms with E-state index in [1.54, 1.807) is 0 Å². The second kappa shape index (κ2) is 6.58. The molecule has 21 nitrogen and oxygen atoms in total. The van der Waals surface area contributed by atoms with Gasteiger partial charge in [-0.25, -0.2) is 14.7 Å². The van der Waals surface area contributed by atoms with Crippen LogP contribution in [0.25, 0.3) is 0 Å². The summed E-state index contributed by atoms with van der Waals surface area (Å²) in [6.45, 7) is 0. The Balaban J connectivity index is 2.43. The van der Waals surface area contributed by atoms with Crippen LogP contribution in [0, 0.1) is 35.9 Å². The van der Waals surface area contributed by atoms with E-state index >= 15 is 0 Å². The number of azo groups is 1. The summed E-state index contributed by atoms with van der Waals surface area (Å²) in [7, 11) is 0. The first-order chi connectivity index (χ1) is 11.8. The van der Waals surface area contributed by atoms with Crippen molar-refractivity contribution in [3.8, 4) is 0 Å². The molecule has 0 atom stereocenters. The van der Waals surface area contributed by atoms with Crippen LogP contribution in [-0.2, 0) is 0 Å². The Labute approximate surface area is 130 Å². The van der Waals surface area contributed by atoms with Gasteiger partial charge in [0.1, 0.15) is 5.03 Å². The largest absolute Gasteiger partial charge is 0.690 e. The van der Waals surface area contributed by atoms with Gasteiger partial charge in [-0.3, -0.25) is 0 Å². The van der Waals surface area contributed by atoms with E-state index in [1.165, 1.54) is 0 Å². The van der Waals surface area contributed by atoms with Gasteiger partial charge >= 0.3 is 28.5 Å². The minimum atomic E-state index is -1.40. The fourth-order valence-electron chi connectivity index (χ4n) is 1.13. The first-order valence-electron chi connectivity index (χ1n) is 5.30. The molecule has 0 fully saturated rings. The van der Waals surface area contributed by atoms with E-state index in [0.717, 1.165) is 0 Å². The first-order valence-corrected chi connectivity index (χ1v) is 5.30. The molecule has 2 rings (SSSR count). The lowest BCUT2D eigenvalue weighted by atomic mass is 10.6. The predicted octanol–water partition coefficient (Wildman–Crippen LogP) is -0.0503. The second-order valence-corrected chi connectivity index (χ2v) is 3.40. The Morgan fingerprint density at radius 3 is 1.68 bits per heavy atom. The molecule has 0 saturated heterocycles. The van der Waals surface area contributed by atoms with E-state index in [2.05, 4.69) is 45.4 Å².